The molecule has 0 amide bonds. The fraction of sp³-hybridized carbons (Fsp3) is 0.350. The molecule has 0 unspecified atom stereocenters. The first-order valence-corrected chi connectivity index (χ1v) is 11.1. The predicted molar refractivity (Wildman–Crippen MR) is 112 cm³/mol. The van der Waals surface area contributed by atoms with Crippen LogP contribution in [0.3, 0.4) is 0 Å². The SMILES string of the molecule is CCCCCSc1nnc2c(n1)O[C@H](c1sccc1C)Nc1ccccc1-2. The fourth-order valence-electron chi connectivity index (χ4n) is 3.00. The molecule has 1 aliphatic heterocycles. The maximum absolute atomic E-state index is 6.31. The van der Waals surface area contributed by atoms with Gasteiger partial charge in [0.25, 0.3) is 0 Å². The molecular formula is C20H22N4OS2. The lowest BCUT2D eigenvalue weighted by Crippen LogP contribution is -2.16. The van der Waals surface area contributed by atoms with Crippen LogP contribution in [0.25, 0.3) is 11.3 Å². The lowest BCUT2D eigenvalue weighted by molar-refractivity contribution is 0.228. The topological polar surface area (TPSA) is 59.9 Å². The largest absolute Gasteiger partial charge is 0.447 e. The molecule has 0 radical (unpaired) electrons. The van der Waals surface area contributed by atoms with Gasteiger partial charge in [-0.25, -0.2) is 0 Å². The van der Waals surface area contributed by atoms with Crippen LogP contribution in [0.5, 0.6) is 5.88 Å². The van der Waals surface area contributed by atoms with Gasteiger partial charge in [-0.05, 0) is 36.4 Å². The number of aryl methyl sites for hydroxylation is 1. The normalized spacial score (nSPS) is 15.3. The smallest absolute Gasteiger partial charge is 0.247 e. The lowest BCUT2D eigenvalue weighted by Gasteiger charge is -2.18. The molecular weight excluding hydrogens is 376 g/mol. The molecule has 0 saturated heterocycles. The van der Waals surface area contributed by atoms with Gasteiger partial charge in [0.1, 0.15) is 0 Å². The second kappa shape index (κ2) is 8.27. The number of thiophene rings is 1. The number of anilines is 1. The van der Waals surface area contributed by atoms with Crippen LogP contribution in [0, 0.1) is 6.92 Å². The monoisotopic (exact) mass is 398 g/mol. The van der Waals surface area contributed by atoms with Gasteiger partial charge in [-0.2, -0.15) is 4.98 Å². The highest BCUT2D eigenvalue weighted by Crippen LogP contribution is 2.40. The van der Waals surface area contributed by atoms with Gasteiger partial charge in [0, 0.05) is 17.0 Å². The number of benzene rings is 1. The van der Waals surface area contributed by atoms with Gasteiger partial charge < -0.3 is 10.1 Å². The van der Waals surface area contributed by atoms with Crippen LogP contribution < -0.4 is 10.1 Å². The highest BCUT2D eigenvalue weighted by Gasteiger charge is 2.27. The quantitative estimate of drug-likeness (QED) is 0.425. The van der Waals surface area contributed by atoms with E-state index in [4.69, 9.17) is 9.72 Å². The third kappa shape index (κ3) is 3.94. The number of nitrogens with one attached hydrogen (secondary N) is 1. The first-order chi connectivity index (χ1) is 13.3. The van der Waals surface area contributed by atoms with Gasteiger partial charge >= 0.3 is 0 Å². The van der Waals surface area contributed by atoms with Crippen molar-refractivity contribution in [2.45, 2.75) is 44.5 Å². The number of thioether (sulfide) groups is 1. The maximum Gasteiger partial charge on any atom is 0.247 e. The summed E-state index contributed by atoms with van der Waals surface area (Å²) < 4.78 is 6.31. The van der Waals surface area contributed by atoms with Crippen molar-refractivity contribution >= 4 is 28.8 Å². The summed E-state index contributed by atoms with van der Waals surface area (Å²) in [6.07, 6.45) is 3.29. The third-order valence-corrected chi connectivity index (χ3v) is 6.44. The Balaban J connectivity index is 1.69. The summed E-state index contributed by atoms with van der Waals surface area (Å²) >= 11 is 3.32. The number of ether oxygens (including phenoxy) is 1. The molecule has 3 aromatic rings. The van der Waals surface area contributed by atoms with Gasteiger partial charge in [0.2, 0.25) is 17.3 Å². The summed E-state index contributed by atoms with van der Waals surface area (Å²) in [7, 11) is 0. The van der Waals surface area contributed by atoms with E-state index in [9.17, 15) is 0 Å². The Morgan fingerprint density at radius 2 is 2.07 bits per heavy atom. The van der Waals surface area contributed by atoms with E-state index >= 15 is 0 Å². The minimum absolute atomic E-state index is 0.290. The molecule has 1 atom stereocenters. The Morgan fingerprint density at radius 1 is 1.19 bits per heavy atom. The second-order valence-electron chi connectivity index (χ2n) is 6.46. The van der Waals surface area contributed by atoms with Crippen molar-refractivity contribution in [3.63, 3.8) is 0 Å². The Labute approximate surface area is 167 Å². The van der Waals surface area contributed by atoms with Crippen LogP contribution in [0.4, 0.5) is 5.69 Å². The molecule has 1 N–H and O–H groups in total. The standard InChI is InChI=1S/C20H22N4OS2/c1-3-4-7-11-27-20-22-18-16(23-24-20)14-8-5-6-9-15(14)21-19(25-18)17-13(2)10-12-26-17/h5-6,8-10,12,19,21H,3-4,7,11H2,1-2H3/t19-/m1/s1. The van der Waals surface area contributed by atoms with Crippen LogP contribution in [0.1, 0.15) is 42.9 Å². The van der Waals surface area contributed by atoms with Gasteiger partial charge in [0.15, 0.2) is 5.69 Å². The molecule has 4 rings (SSSR count). The molecule has 1 aliphatic rings. The molecule has 5 nitrogen and oxygen atoms in total. The lowest BCUT2D eigenvalue weighted by atomic mass is 10.1. The van der Waals surface area contributed by atoms with Crippen molar-refractivity contribution in [2.75, 3.05) is 11.1 Å². The molecule has 0 fully saturated rings. The first kappa shape index (κ1) is 18.3. The fourth-order valence-corrected chi connectivity index (χ4v) is 4.68. The van der Waals surface area contributed by atoms with Gasteiger partial charge in [-0.1, -0.05) is 49.7 Å². The molecule has 0 spiro atoms. The number of para-hydroxylation sites is 1. The number of aromatic nitrogens is 3. The van der Waals surface area contributed by atoms with Crippen LogP contribution in [-0.2, 0) is 0 Å². The summed E-state index contributed by atoms with van der Waals surface area (Å²) in [5.41, 5.74) is 3.84. The number of nitrogens with zero attached hydrogens (tertiary/aromatic N) is 3. The third-order valence-electron chi connectivity index (χ3n) is 4.45. The summed E-state index contributed by atoms with van der Waals surface area (Å²) in [5, 5.41) is 15.1. The highest BCUT2D eigenvalue weighted by atomic mass is 32.2. The van der Waals surface area contributed by atoms with Crippen LogP contribution in [0.15, 0.2) is 40.9 Å². The molecule has 1 aromatic carbocycles. The molecule has 140 valence electrons. The minimum atomic E-state index is -0.290. The zero-order chi connectivity index (χ0) is 18.6. The average Bonchev–Trinajstić information content (AvgIpc) is 3.04. The van der Waals surface area contributed by atoms with E-state index in [-0.39, 0.29) is 6.23 Å². The Morgan fingerprint density at radius 3 is 2.89 bits per heavy atom. The number of fused-ring (bicyclic) bond motifs is 3. The van der Waals surface area contributed by atoms with E-state index in [0.717, 1.165) is 28.3 Å². The zero-order valence-electron chi connectivity index (χ0n) is 15.4. The van der Waals surface area contributed by atoms with Crippen molar-refractivity contribution in [3.8, 4) is 17.1 Å². The van der Waals surface area contributed by atoms with Crippen molar-refractivity contribution in [3.05, 3.63) is 46.2 Å². The van der Waals surface area contributed by atoms with Gasteiger partial charge in [-0.3, -0.25) is 0 Å². The number of unbranched alkanes of at least 4 members (excludes halogenated alkanes) is 2. The van der Waals surface area contributed by atoms with Crippen molar-refractivity contribution in [1.82, 2.24) is 15.2 Å². The van der Waals surface area contributed by atoms with Crippen LogP contribution in [-0.4, -0.2) is 20.9 Å². The van der Waals surface area contributed by atoms with Crippen molar-refractivity contribution < 1.29 is 4.74 Å². The molecule has 3 heterocycles. The summed E-state index contributed by atoms with van der Waals surface area (Å²) in [5.74, 6) is 1.54. The van der Waals surface area contributed by atoms with Crippen LogP contribution >= 0.6 is 23.1 Å². The predicted octanol–water partition coefficient (Wildman–Crippen LogP) is 5.69. The van der Waals surface area contributed by atoms with E-state index in [1.54, 1.807) is 23.1 Å². The maximum atomic E-state index is 6.31. The van der Waals surface area contributed by atoms with E-state index < -0.39 is 0 Å². The summed E-state index contributed by atoms with van der Waals surface area (Å²) in [6, 6.07) is 10.2. The molecule has 0 saturated carbocycles. The van der Waals surface area contributed by atoms with E-state index in [2.05, 4.69) is 40.8 Å². The number of rotatable bonds is 6. The van der Waals surface area contributed by atoms with Crippen molar-refractivity contribution in [2.24, 2.45) is 0 Å². The first-order valence-electron chi connectivity index (χ1n) is 9.20. The number of hydrogen-bond donors (Lipinski definition) is 1. The minimum Gasteiger partial charge on any atom is -0.447 e. The molecule has 2 aromatic heterocycles. The number of hydrogen-bond acceptors (Lipinski definition) is 7. The van der Waals surface area contributed by atoms with E-state index in [0.29, 0.717) is 16.7 Å². The average molecular weight is 399 g/mol. The molecule has 0 bridgehead atoms. The Kier molecular flexibility index (Phi) is 5.59. The van der Waals surface area contributed by atoms with E-state index in [1.165, 1.54) is 18.4 Å². The highest BCUT2D eigenvalue weighted by molar-refractivity contribution is 7.99. The molecule has 7 heteroatoms. The Hall–Kier alpha value is -2.12. The zero-order valence-corrected chi connectivity index (χ0v) is 17.1. The van der Waals surface area contributed by atoms with Crippen molar-refractivity contribution in [1.29, 1.82) is 0 Å². The summed E-state index contributed by atoms with van der Waals surface area (Å²) in [6.45, 7) is 4.30. The Bertz CT molecular complexity index is 928. The van der Waals surface area contributed by atoms with Crippen LogP contribution in [0.2, 0.25) is 0 Å². The molecule has 0 aliphatic carbocycles. The summed E-state index contributed by atoms with van der Waals surface area (Å²) in [4.78, 5) is 5.84. The van der Waals surface area contributed by atoms with Gasteiger partial charge in [0.05, 0.1) is 4.88 Å². The van der Waals surface area contributed by atoms with Gasteiger partial charge in [-0.15, -0.1) is 21.5 Å². The van der Waals surface area contributed by atoms with E-state index in [1.807, 2.05) is 24.3 Å². The molecule has 27 heavy (non-hydrogen) atoms. The second-order valence-corrected chi connectivity index (χ2v) is 8.47.